The number of aromatic nitrogens is 1. The van der Waals surface area contributed by atoms with Crippen molar-refractivity contribution in [3.8, 4) is 0 Å². The van der Waals surface area contributed by atoms with Crippen molar-refractivity contribution in [2.75, 3.05) is 57.3 Å². The summed E-state index contributed by atoms with van der Waals surface area (Å²) in [6, 6.07) is 10.2. The van der Waals surface area contributed by atoms with E-state index >= 15 is 0 Å². The molecule has 1 amide bonds. The van der Waals surface area contributed by atoms with Crippen LogP contribution in [0.1, 0.15) is 35.7 Å². The Kier molecular flexibility index (Phi) is 8.25. The molecule has 204 valence electrons. The summed E-state index contributed by atoms with van der Waals surface area (Å²) in [4.78, 5) is 22.4. The summed E-state index contributed by atoms with van der Waals surface area (Å²) < 4.78 is 28.5. The van der Waals surface area contributed by atoms with Crippen molar-refractivity contribution in [2.24, 2.45) is 5.92 Å². The van der Waals surface area contributed by atoms with Gasteiger partial charge >= 0.3 is 0 Å². The topological polar surface area (TPSA) is 85.8 Å². The highest BCUT2D eigenvalue weighted by molar-refractivity contribution is 7.89. The van der Waals surface area contributed by atoms with Crippen LogP contribution in [0.2, 0.25) is 5.02 Å². The highest BCUT2D eigenvalue weighted by Gasteiger charge is 2.28. The number of rotatable bonds is 7. The lowest BCUT2D eigenvalue weighted by Crippen LogP contribution is -2.48. The second-order valence-electron chi connectivity index (χ2n) is 10.3. The smallest absolute Gasteiger partial charge is 0.251 e. The molecule has 1 atom stereocenters. The molecule has 1 N–H and O–H groups in total. The standard InChI is InChI=1S/C27H34ClN5O3S2/c1-19-4-3-12-33(18-19)38(35,36)22-8-6-21(7-9-22)26(34)29-11-13-31-14-16-32(17-15-31)27-30-24-20(2)5-10-23(28)25(24)37-27/h5-10,19H,3-4,11-18H2,1-2H3,(H,29,34). The minimum absolute atomic E-state index is 0.194. The summed E-state index contributed by atoms with van der Waals surface area (Å²) in [7, 11) is -3.52. The third-order valence-electron chi connectivity index (χ3n) is 7.42. The maximum absolute atomic E-state index is 13.0. The van der Waals surface area contributed by atoms with E-state index in [1.807, 2.05) is 12.1 Å². The van der Waals surface area contributed by atoms with E-state index in [1.54, 1.807) is 39.9 Å². The number of carbonyl (C=O) groups excluding carboxylic acids is 1. The first-order chi connectivity index (χ1) is 18.2. The number of aryl methyl sites for hydroxylation is 1. The van der Waals surface area contributed by atoms with E-state index in [-0.39, 0.29) is 10.8 Å². The van der Waals surface area contributed by atoms with Crippen LogP contribution < -0.4 is 10.2 Å². The Morgan fingerprint density at radius 3 is 2.53 bits per heavy atom. The molecule has 1 aromatic heterocycles. The van der Waals surface area contributed by atoms with Gasteiger partial charge in [-0.3, -0.25) is 9.69 Å². The third kappa shape index (κ3) is 5.84. The van der Waals surface area contributed by atoms with E-state index in [4.69, 9.17) is 16.6 Å². The van der Waals surface area contributed by atoms with Gasteiger partial charge in [0.15, 0.2) is 5.13 Å². The van der Waals surface area contributed by atoms with Gasteiger partial charge in [-0.25, -0.2) is 13.4 Å². The monoisotopic (exact) mass is 575 g/mol. The Labute approximate surface area is 233 Å². The lowest BCUT2D eigenvalue weighted by molar-refractivity contribution is 0.0947. The molecule has 0 saturated carbocycles. The molecular formula is C27H34ClN5O3S2. The fourth-order valence-electron chi connectivity index (χ4n) is 5.11. The molecular weight excluding hydrogens is 542 g/mol. The molecule has 0 aliphatic carbocycles. The van der Waals surface area contributed by atoms with Crippen LogP contribution in [0.15, 0.2) is 41.3 Å². The summed E-state index contributed by atoms with van der Waals surface area (Å²) in [6.07, 6.45) is 1.94. The van der Waals surface area contributed by atoms with Crippen molar-refractivity contribution < 1.29 is 13.2 Å². The maximum atomic E-state index is 13.0. The van der Waals surface area contributed by atoms with E-state index in [1.165, 1.54) is 0 Å². The van der Waals surface area contributed by atoms with Crippen LogP contribution in [-0.2, 0) is 10.0 Å². The molecule has 8 nitrogen and oxygen atoms in total. The lowest BCUT2D eigenvalue weighted by atomic mass is 10.0. The molecule has 0 spiro atoms. The average Bonchev–Trinajstić information content (AvgIpc) is 3.38. The van der Waals surface area contributed by atoms with Crippen molar-refractivity contribution in [2.45, 2.75) is 31.6 Å². The average molecular weight is 576 g/mol. The van der Waals surface area contributed by atoms with Crippen LogP contribution in [0, 0.1) is 12.8 Å². The quantitative estimate of drug-likeness (QED) is 0.454. The second kappa shape index (κ2) is 11.5. The molecule has 11 heteroatoms. The van der Waals surface area contributed by atoms with Gasteiger partial charge in [-0.1, -0.05) is 35.9 Å². The molecule has 1 unspecified atom stereocenters. The summed E-state index contributed by atoms with van der Waals surface area (Å²) in [5.41, 5.74) is 2.58. The number of anilines is 1. The molecule has 2 aromatic carbocycles. The summed E-state index contributed by atoms with van der Waals surface area (Å²) in [5.74, 6) is 0.170. The number of nitrogens with zero attached hydrogens (tertiary/aromatic N) is 4. The third-order valence-corrected chi connectivity index (χ3v) is 10.9. The Balaban J connectivity index is 1.09. The number of amides is 1. The largest absolute Gasteiger partial charge is 0.351 e. The zero-order chi connectivity index (χ0) is 26.9. The highest BCUT2D eigenvalue weighted by atomic mass is 35.5. The fourth-order valence-corrected chi connectivity index (χ4v) is 8.08. The number of hydrogen-bond donors (Lipinski definition) is 1. The van der Waals surface area contributed by atoms with Crippen LogP contribution in [-0.4, -0.2) is 80.9 Å². The minimum Gasteiger partial charge on any atom is -0.351 e. The molecule has 5 rings (SSSR count). The van der Waals surface area contributed by atoms with Crippen LogP contribution in [0.3, 0.4) is 0 Å². The normalized spacial score (nSPS) is 19.7. The van der Waals surface area contributed by atoms with E-state index in [9.17, 15) is 13.2 Å². The highest BCUT2D eigenvalue weighted by Crippen LogP contribution is 2.35. The van der Waals surface area contributed by atoms with Crippen LogP contribution in [0.25, 0.3) is 10.2 Å². The van der Waals surface area contributed by atoms with E-state index in [0.717, 1.165) is 71.5 Å². The van der Waals surface area contributed by atoms with Crippen molar-refractivity contribution in [3.05, 3.63) is 52.5 Å². The molecule has 0 bridgehead atoms. The van der Waals surface area contributed by atoms with Gasteiger partial charge in [-0.05, 0) is 61.6 Å². The van der Waals surface area contributed by atoms with Gasteiger partial charge < -0.3 is 10.2 Å². The number of fused-ring (bicyclic) bond motifs is 1. The summed E-state index contributed by atoms with van der Waals surface area (Å²) in [6.45, 7) is 10.0. The SMILES string of the molecule is Cc1ccc(Cl)c2sc(N3CCN(CCNC(=O)c4ccc(S(=O)(=O)N5CCCC(C)C5)cc4)CC3)nc12. The first-order valence-corrected chi connectivity index (χ1v) is 15.8. The maximum Gasteiger partial charge on any atom is 0.251 e. The number of piperazine rings is 1. The number of carbonyl (C=O) groups is 1. The lowest BCUT2D eigenvalue weighted by Gasteiger charge is -2.34. The molecule has 38 heavy (non-hydrogen) atoms. The van der Waals surface area contributed by atoms with Crippen molar-refractivity contribution in [3.63, 3.8) is 0 Å². The van der Waals surface area contributed by atoms with Gasteiger partial charge in [0.05, 0.1) is 20.1 Å². The summed E-state index contributed by atoms with van der Waals surface area (Å²) in [5, 5.41) is 4.72. The zero-order valence-electron chi connectivity index (χ0n) is 21.8. The van der Waals surface area contributed by atoms with Crippen molar-refractivity contribution in [1.29, 1.82) is 0 Å². The molecule has 2 aliphatic heterocycles. The van der Waals surface area contributed by atoms with Gasteiger partial charge in [0.25, 0.3) is 5.91 Å². The van der Waals surface area contributed by atoms with Gasteiger partial charge in [-0.2, -0.15) is 4.31 Å². The predicted octanol–water partition coefficient (Wildman–Crippen LogP) is 4.23. The molecule has 3 heterocycles. The molecule has 2 saturated heterocycles. The van der Waals surface area contributed by atoms with Gasteiger partial charge in [0.1, 0.15) is 0 Å². The number of hydrogen-bond acceptors (Lipinski definition) is 7. The first-order valence-electron chi connectivity index (χ1n) is 13.1. The molecule has 2 aliphatic rings. The number of benzene rings is 2. The minimum atomic E-state index is -3.52. The number of piperidine rings is 1. The predicted molar refractivity (Wildman–Crippen MR) is 154 cm³/mol. The number of thiazole rings is 1. The van der Waals surface area contributed by atoms with E-state index in [2.05, 4.69) is 29.0 Å². The van der Waals surface area contributed by atoms with Gasteiger partial charge in [0, 0.05) is 57.9 Å². The van der Waals surface area contributed by atoms with Gasteiger partial charge in [-0.15, -0.1) is 0 Å². The molecule has 3 aromatic rings. The van der Waals surface area contributed by atoms with Crippen molar-refractivity contribution in [1.82, 2.24) is 19.5 Å². The number of sulfonamides is 1. The first kappa shape index (κ1) is 27.3. The Morgan fingerprint density at radius 1 is 1.11 bits per heavy atom. The number of halogens is 1. The zero-order valence-corrected chi connectivity index (χ0v) is 24.2. The Bertz CT molecular complexity index is 1360. The van der Waals surface area contributed by atoms with Crippen LogP contribution >= 0.6 is 22.9 Å². The van der Waals surface area contributed by atoms with E-state index in [0.29, 0.717) is 31.1 Å². The summed E-state index contributed by atoms with van der Waals surface area (Å²) >= 11 is 8.02. The Morgan fingerprint density at radius 2 is 1.84 bits per heavy atom. The molecule has 2 fully saturated rings. The second-order valence-corrected chi connectivity index (χ2v) is 13.6. The van der Waals surface area contributed by atoms with Crippen LogP contribution in [0.5, 0.6) is 0 Å². The van der Waals surface area contributed by atoms with Gasteiger partial charge in [0.2, 0.25) is 10.0 Å². The van der Waals surface area contributed by atoms with Crippen molar-refractivity contribution >= 4 is 54.2 Å². The van der Waals surface area contributed by atoms with E-state index < -0.39 is 10.0 Å². The van der Waals surface area contributed by atoms with Crippen LogP contribution in [0.4, 0.5) is 5.13 Å². The fraction of sp³-hybridized carbons (Fsp3) is 0.481. The molecule has 0 radical (unpaired) electrons. The Hall–Kier alpha value is -2.24. The number of nitrogens with one attached hydrogen (secondary N) is 1.